The molecule has 1 unspecified atom stereocenters. The highest BCUT2D eigenvalue weighted by molar-refractivity contribution is 7.14. The van der Waals surface area contributed by atoms with Gasteiger partial charge in [0.05, 0.1) is 12.2 Å². The van der Waals surface area contributed by atoms with Crippen molar-refractivity contribution in [2.75, 3.05) is 26.2 Å². The summed E-state index contributed by atoms with van der Waals surface area (Å²) in [6.45, 7) is 2.97. The largest absolute Gasteiger partial charge is 0.477 e. The van der Waals surface area contributed by atoms with E-state index in [-0.39, 0.29) is 12.0 Å². The molecule has 1 spiro atoms. The summed E-state index contributed by atoms with van der Waals surface area (Å²) in [5.41, 5.74) is 0.669. The fourth-order valence-corrected chi connectivity index (χ4v) is 5.06. The molecule has 1 aliphatic carbocycles. The van der Waals surface area contributed by atoms with E-state index in [1.807, 2.05) is 0 Å². The van der Waals surface area contributed by atoms with E-state index in [4.69, 9.17) is 4.74 Å². The zero-order valence-corrected chi connectivity index (χ0v) is 14.2. The smallest absolute Gasteiger partial charge is 0.345 e. The van der Waals surface area contributed by atoms with Crippen molar-refractivity contribution in [1.29, 1.82) is 0 Å². The molecular weight excluding hydrogens is 336 g/mol. The molecule has 2 aliphatic heterocycles. The van der Waals surface area contributed by atoms with Gasteiger partial charge in [-0.3, -0.25) is 0 Å². The molecule has 0 bridgehead atoms. The van der Waals surface area contributed by atoms with Crippen molar-refractivity contribution in [2.45, 2.75) is 43.6 Å². The summed E-state index contributed by atoms with van der Waals surface area (Å²) in [7, 11) is 0. The summed E-state index contributed by atoms with van der Waals surface area (Å²) >= 11 is 1.36. The summed E-state index contributed by atoms with van der Waals surface area (Å²) in [5, 5.41) is 9.23. The number of carboxylic acid groups (broad SMARTS) is 1. The van der Waals surface area contributed by atoms with E-state index < -0.39 is 17.8 Å². The number of hydrogen-bond acceptors (Lipinski definition) is 4. The van der Waals surface area contributed by atoms with E-state index in [9.17, 15) is 18.7 Å². The van der Waals surface area contributed by atoms with E-state index in [2.05, 4.69) is 4.90 Å². The SMILES string of the molecule is O=C(O)c1cc2c(s1)CCOC21CCN(CCC2CC2(F)F)CC1. The molecule has 4 rings (SSSR count). The van der Waals surface area contributed by atoms with Gasteiger partial charge in [0.2, 0.25) is 0 Å². The van der Waals surface area contributed by atoms with Gasteiger partial charge in [-0.15, -0.1) is 11.3 Å². The van der Waals surface area contributed by atoms with Gasteiger partial charge in [-0.25, -0.2) is 13.6 Å². The predicted octanol–water partition coefficient (Wildman–Crippen LogP) is 3.36. The molecule has 0 aromatic carbocycles. The van der Waals surface area contributed by atoms with Gasteiger partial charge >= 0.3 is 5.97 Å². The van der Waals surface area contributed by atoms with Crippen LogP contribution in [0.1, 0.15) is 45.8 Å². The van der Waals surface area contributed by atoms with Gasteiger partial charge in [0.15, 0.2) is 0 Å². The topological polar surface area (TPSA) is 49.8 Å². The minimum absolute atomic E-state index is 0.0458. The van der Waals surface area contributed by atoms with E-state index >= 15 is 0 Å². The number of nitrogens with zero attached hydrogens (tertiary/aromatic N) is 1. The standard InChI is InChI=1S/C17H21F2NO3S/c18-17(19)10-11(17)1-5-20-6-3-16(4-7-20)12-9-14(15(21)22)24-13(12)2-8-23-16/h9,11H,1-8,10H2,(H,21,22). The van der Waals surface area contributed by atoms with Crippen LogP contribution in [0.2, 0.25) is 0 Å². The average molecular weight is 357 g/mol. The van der Waals surface area contributed by atoms with Crippen LogP contribution in [0.15, 0.2) is 6.07 Å². The summed E-state index contributed by atoms with van der Waals surface area (Å²) in [6, 6.07) is 1.78. The number of ether oxygens (including phenoxy) is 1. The monoisotopic (exact) mass is 357 g/mol. The third-order valence-corrected chi connectivity index (χ3v) is 6.81. The molecule has 3 heterocycles. The molecule has 1 aromatic rings. The Labute approximate surface area is 143 Å². The molecule has 2 fully saturated rings. The van der Waals surface area contributed by atoms with Crippen LogP contribution in [-0.4, -0.2) is 48.1 Å². The maximum Gasteiger partial charge on any atom is 0.345 e. The van der Waals surface area contributed by atoms with Crippen LogP contribution in [0.5, 0.6) is 0 Å². The van der Waals surface area contributed by atoms with Gasteiger partial charge < -0.3 is 14.7 Å². The average Bonchev–Trinajstić information content (AvgIpc) is 2.96. The normalized spacial score (nSPS) is 27.8. The van der Waals surface area contributed by atoms with Gasteiger partial charge in [0, 0.05) is 36.7 Å². The van der Waals surface area contributed by atoms with Crippen LogP contribution >= 0.6 is 11.3 Å². The number of likely N-dealkylation sites (tertiary alicyclic amines) is 1. The van der Waals surface area contributed by atoms with E-state index in [0.29, 0.717) is 24.4 Å². The summed E-state index contributed by atoms with van der Waals surface area (Å²) in [6.07, 6.45) is 2.99. The molecule has 1 N–H and O–H groups in total. The molecule has 24 heavy (non-hydrogen) atoms. The number of rotatable bonds is 4. The number of alkyl halides is 2. The molecule has 1 saturated heterocycles. The third-order valence-electron chi connectivity index (χ3n) is 5.63. The Morgan fingerprint density at radius 2 is 2.12 bits per heavy atom. The summed E-state index contributed by atoms with van der Waals surface area (Å²) in [4.78, 5) is 15.0. The van der Waals surface area contributed by atoms with Crippen molar-refractivity contribution in [3.05, 3.63) is 21.4 Å². The minimum atomic E-state index is -2.43. The fourth-order valence-electron chi connectivity index (χ4n) is 4.00. The number of carboxylic acids is 1. The highest BCUT2D eigenvalue weighted by Crippen LogP contribution is 2.51. The fraction of sp³-hybridized carbons (Fsp3) is 0.706. The van der Waals surface area contributed by atoms with Crippen LogP contribution in [-0.2, 0) is 16.8 Å². The highest BCUT2D eigenvalue weighted by Gasteiger charge is 2.56. The first-order valence-electron chi connectivity index (χ1n) is 8.50. The first-order valence-corrected chi connectivity index (χ1v) is 9.32. The van der Waals surface area contributed by atoms with Crippen molar-refractivity contribution in [2.24, 2.45) is 5.92 Å². The predicted molar refractivity (Wildman–Crippen MR) is 86.0 cm³/mol. The lowest BCUT2D eigenvalue weighted by atomic mass is 9.82. The Bertz CT molecular complexity index is 652. The summed E-state index contributed by atoms with van der Waals surface area (Å²) in [5.74, 6) is -3.74. The van der Waals surface area contributed by atoms with Crippen LogP contribution in [0.4, 0.5) is 8.78 Å². The minimum Gasteiger partial charge on any atom is -0.477 e. The first kappa shape index (κ1) is 16.4. The van der Waals surface area contributed by atoms with Gasteiger partial charge in [-0.05, 0) is 37.4 Å². The van der Waals surface area contributed by atoms with E-state index in [0.717, 1.165) is 42.8 Å². The Balaban J connectivity index is 1.41. The second-order valence-electron chi connectivity index (χ2n) is 7.14. The zero-order valence-electron chi connectivity index (χ0n) is 13.4. The number of aromatic carboxylic acids is 1. The molecule has 1 aromatic heterocycles. The maximum absolute atomic E-state index is 13.0. The first-order chi connectivity index (χ1) is 11.4. The lowest BCUT2D eigenvalue weighted by Gasteiger charge is -2.44. The van der Waals surface area contributed by atoms with Crippen molar-refractivity contribution in [3.63, 3.8) is 0 Å². The maximum atomic E-state index is 13.0. The number of piperidine rings is 1. The Morgan fingerprint density at radius 3 is 2.75 bits per heavy atom. The van der Waals surface area contributed by atoms with E-state index in [1.165, 1.54) is 11.3 Å². The number of carbonyl (C=O) groups is 1. The third kappa shape index (κ3) is 2.86. The van der Waals surface area contributed by atoms with Gasteiger partial charge in [-0.2, -0.15) is 0 Å². The Morgan fingerprint density at radius 1 is 1.42 bits per heavy atom. The van der Waals surface area contributed by atoms with Crippen LogP contribution in [0, 0.1) is 5.92 Å². The van der Waals surface area contributed by atoms with Gasteiger partial charge in [-0.1, -0.05) is 0 Å². The van der Waals surface area contributed by atoms with Crippen LogP contribution < -0.4 is 0 Å². The Hall–Kier alpha value is -1.05. The van der Waals surface area contributed by atoms with Gasteiger partial charge in [0.1, 0.15) is 4.88 Å². The van der Waals surface area contributed by atoms with Crippen molar-refractivity contribution < 1.29 is 23.4 Å². The summed E-state index contributed by atoms with van der Waals surface area (Å²) < 4.78 is 32.1. The molecule has 7 heteroatoms. The van der Waals surface area contributed by atoms with Crippen LogP contribution in [0.3, 0.4) is 0 Å². The van der Waals surface area contributed by atoms with Crippen molar-refractivity contribution >= 4 is 17.3 Å². The lowest BCUT2D eigenvalue weighted by Crippen LogP contribution is -2.46. The zero-order chi connectivity index (χ0) is 16.9. The van der Waals surface area contributed by atoms with Gasteiger partial charge in [0.25, 0.3) is 5.92 Å². The quantitative estimate of drug-likeness (QED) is 0.898. The molecule has 3 aliphatic rings. The lowest BCUT2D eigenvalue weighted by molar-refractivity contribution is -0.0974. The second-order valence-corrected chi connectivity index (χ2v) is 8.27. The van der Waals surface area contributed by atoms with E-state index in [1.54, 1.807) is 6.07 Å². The molecule has 1 atom stereocenters. The second kappa shape index (κ2) is 5.75. The molecule has 0 amide bonds. The van der Waals surface area contributed by atoms with Crippen LogP contribution in [0.25, 0.3) is 0 Å². The Kier molecular flexibility index (Phi) is 3.93. The number of thiophene rings is 1. The molecule has 0 radical (unpaired) electrons. The highest BCUT2D eigenvalue weighted by atomic mass is 32.1. The number of fused-ring (bicyclic) bond motifs is 2. The molecule has 1 saturated carbocycles. The number of halogens is 2. The van der Waals surface area contributed by atoms with Crippen molar-refractivity contribution in [3.8, 4) is 0 Å². The number of hydrogen-bond donors (Lipinski definition) is 1. The molecular formula is C17H21F2NO3S. The molecule has 132 valence electrons. The molecule has 4 nitrogen and oxygen atoms in total. The van der Waals surface area contributed by atoms with Crippen molar-refractivity contribution in [1.82, 2.24) is 4.90 Å².